The average Bonchev–Trinajstić information content (AvgIpc) is 3.20. The number of rotatable bonds is 11. The number of Topliss-reactive ketones (excluding diaryl/α,β-unsaturated/α-hetero) is 1. The van der Waals surface area contributed by atoms with Crippen molar-refractivity contribution in [3.63, 3.8) is 0 Å². The Labute approximate surface area is 236 Å². The highest BCUT2D eigenvalue weighted by atomic mass is 35.5. The normalized spacial score (nSPS) is 11.0. The molecule has 3 aromatic carbocycles. The molecule has 4 rings (SSSR count). The second-order valence-electron chi connectivity index (χ2n) is 9.12. The highest BCUT2D eigenvalue weighted by Crippen LogP contribution is 2.25. The molecule has 0 aliphatic rings. The van der Waals surface area contributed by atoms with Crippen molar-refractivity contribution >= 4 is 45.9 Å². The molecule has 0 aliphatic heterocycles. The lowest BCUT2D eigenvalue weighted by Gasteiger charge is -2.18. The molecule has 8 nitrogen and oxygen atoms in total. The molecule has 39 heavy (non-hydrogen) atoms. The maximum Gasteiger partial charge on any atom is 0.226 e. The second-order valence-corrected chi connectivity index (χ2v) is 9.97. The van der Waals surface area contributed by atoms with Gasteiger partial charge in [0.1, 0.15) is 11.5 Å². The SMILES string of the molecule is COc1ccc(OC)c(CC(=O)N(C)CCCn2c(=N)n(CC(=O)c3ccc(Cl)cc3)c3cccc(Cl)c32)c1. The van der Waals surface area contributed by atoms with Crippen LogP contribution in [0.2, 0.25) is 10.0 Å². The Bertz CT molecular complexity index is 1560. The van der Waals surface area contributed by atoms with Crippen molar-refractivity contribution in [2.24, 2.45) is 0 Å². The molecule has 10 heteroatoms. The summed E-state index contributed by atoms with van der Waals surface area (Å²) >= 11 is 12.5. The third-order valence-corrected chi connectivity index (χ3v) is 7.19. The summed E-state index contributed by atoms with van der Waals surface area (Å²) in [5, 5.41) is 9.90. The molecule has 1 heterocycles. The van der Waals surface area contributed by atoms with Crippen molar-refractivity contribution in [2.75, 3.05) is 27.8 Å². The van der Waals surface area contributed by atoms with Crippen molar-refractivity contribution in [3.05, 3.63) is 87.5 Å². The first-order chi connectivity index (χ1) is 18.7. The predicted octanol–water partition coefficient (Wildman–Crippen LogP) is 5.22. The number of ether oxygens (including phenoxy) is 2. The molecule has 1 aromatic heterocycles. The summed E-state index contributed by atoms with van der Waals surface area (Å²) in [6.07, 6.45) is 0.759. The van der Waals surface area contributed by atoms with Gasteiger partial charge in [0.2, 0.25) is 11.5 Å². The molecule has 1 N–H and O–H groups in total. The third-order valence-electron chi connectivity index (χ3n) is 6.64. The Morgan fingerprint density at radius 3 is 2.41 bits per heavy atom. The van der Waals surface area contributed by atoms with Gasteiger partial charge in [-0.25, -0.2) is 0 Å². The van der Waals surface area contributed by atoms with Gasteiger partial charge < -0.3 is 23.5 Å². The minimum atomic E-state index is -0.137. The number of hydrogen-bond donors (Lipinski definition) is 1. The molecule has 0 unspecified atom stereocenters. The molecule has 0 aliphatic carbocycles. The fourth-order valence-corrected chi connectivity index (χ4v) is 4.91. The molecular weight excluding hydrogens is 539 g/mol. The Kier molecular flexibility index (Phi) is 8.99. The molecule has 0 saturated carbocycles. The number of carbonyl (C=O) groups excluding carboxylic acids is 2. The monoisotopic (exact) mass is 568 g/mol. The van der Waals surface area contributed by atoms with Crippen molar-refractivity contribution < 1.29 is 19.1 Å². The fraction of sp³-hybridized carbons (Fsp3) is 0.276. The summed E-state index contributed by atoms with van der Waals surface area (Å²) in [5.74, 6) is 1.08. The summed E-state index contributed by atoms with van der Waals surface area (Å²) in [6, 6.07) is 17.5. The molecule has 4 aromatic rings. The number of likely N-dealkylation sites (N-methyl/N-ethyl adjacent to an activating group) is 1. The van der Waals surface area contributed by atoms with E-state index in [1.165, 1.54) is 0 Å². The predicted molar refractivity (Wildman–Crippen MR) is 152 cm³/mol. The molecule has 204 valence electrons. The zero-order valence-electron chi connectivity index (χ0n) is 22.0. The van der Waals surface area contributed by atoms with E-state index in [-0.39, 0.29) is 30.3 Å². The van der Waals surface area contributed by atoms with E-state index in [0.717, 1.165) is 5.56 Å². The maximum atomic E-state index is 13.0. The number of para-hydroxylation sites is 1. The highest BCUT2D eigenvalue weighted by Gasteiger charge is 2.18. The van der Waals surface area contributed by atoms with Gasteiger partial charge in [-0.1, -0.05) is 29.3 Å². The number of imidazole rings is 1. The molecule has 0 spiro atoms. The lowest BCUT2D eigenvalue weighted by Crippen LogP contribution is -2.31. The Hall–Kier alpha value is -3.75. The van der Waals surface area contributed by atoms with Crippen LogP contribution in [0.25, 0.3) is 11.0 Å². The topological polar surface area (TPSA) is 89.6 Å². The van der Waals surface area contributed by atoms with Crippen LogP contribution in [0.4, 0.5) is 0 Å². The van der Waals surface area contributed by atoms with Gasteiger partial charge in [-0.05, 0) is 61.0 Å². The molecular formula is C29H30Cl2N4O4. The lowest BCUT2D eigenvalue weighted by molar-refractivity contribution is -0.129. The third kappa shape index (κ3) is 6.29. The first kappa shape index (κ1) is 28.3. The number of methoxy groups -OCH3 is 2. The standard InChI is InChI=1S/C29H30Cl2N4O4/c1-33(27(37)17-20-16-22(38-2)12-13-26(20)39-3)14-5-15-34-28-23(31)6-4-7-24(28)35(29(34)32)18-25(36)19-8-10-21(30)11-9-19/h4,6-13,16,32H,5,14-15,17-18H2,1-3H3. The first-order valence-corrected chi connectivity index (χ1v) is 13.1. The number of ketones is 1. The van der Waals surface area contributed by atoms with Crippen LogP contribution in [0.3, 0.4) is 0 Å². The van der Waals surface area contributed by atoms with Gasteiger partial charge in [0.15, 0.2) is 5.78 Å². The number of nitrogens with zero attached hydrogens (tertiary/aromatic N) is 3. The Balaban J connectivity index is 1.49. The van der Waals surface area contributed by atoms with Crippen molar-refractivity contribution in [2.45, 2.75) is 25.9 Å². The second kappa shape index (κ2) is 12.4. The van der Waals surface area contributed by atoms with E-state index in [0.29, 0.717) is 57.7 Å². The summed E-state index contributed by atoms with van der Waals surface area (Å²) in [7, 11) is 4.90. The zero-order chi connectivity index (χ0) is 28.1. The molecule has 0 bridgehead atoms. The van der Waals surface area contributed by atoms with Crippen LogP contribution < -0.4 is 15.1 Å². The average molecular weight is 569 g/mol. The van der Waals surface area contributed by atoms with Gasteiger partial charge in [-0.2, -0.15) is 0 Å². The Morgan fingerprint density at radius 1 is 0.974 bits per heavy atom. The molecule has 0 radical (unpaired) electrons. The van der Waals surface area contributed by atoms with Crippen LogP contribution in [0.15, 0.2) is 60.7 Å². The number of hydrogen-bond acceptors (Lipinski definition) is 5. The number of aromatic nitrogens is 2. The fourth-order valence-electron chi connectivity index (χ4n) is 4.51. The van der Waals surface area contributed by atoms with Crippen LogP contribution in [0, 0.1) is 5.41 Å². The smallest absolute Gasteiger partial charge is 0.226 e. The van der Waals surface area contributed by atoms with Crippen LogP contribution in [-0.2, 0) is 24.3 Å². The van der Waals surface area contributed by atoms with Gasteiger partial charge in [0.25, 0.3) is 0 Å². The van der Waals surface area contributed by atoms with E-state index in [1.54, 1.807) is 89.9 Å². The number of fused-ring (bicyclic) bond motifs is 1. The van der Waals surface area contributed by atoms with E-state index < -0.39 is 0 Å². The van der Waals surface area contributed by atoms with Crippen LogP contribution >= 0.6 is 23.2 Å². The zero-order valence-corrected chi connectivity index (χ0v) is 23.6. The van der Waals surface area contributed by atoms with E-state index in [2.05, 4.69) is 0 Å². The first-order valence-electron chi connectivity index (χ1n) is 12.4. The van der Waals surface area contributed by atoms with E-state index in [4.69, 9.17) is 38.1 Å². The van der Waals surface area contributed by atoms with Gasteiger partial charge in [-0.3, -0.25) is 15.0 Å². The van der Waals surface area contributed by atoms with Gasteiger partial charge in [0, 0.05) is 36.3 Å². The van der Waals surface area contributed by atoms with Crippen molar-refractivity contribution in [1.29, 1.82) is 5.41 Å². The van der Waals surface area contributed by atoms with Crippen molar-refractivity contribution in [1.82, 2.24) is 14.0 Å². The molecule has 0 fully saturated rings. The minimum absolute atomic E-state index is 0.00886. The highest BCUT2D eigenvalue weighted by molar-refractivity contribution is 6.35. The summed E-state index contributed by atoms with van der Waals surface area (Å²) in [4.78, 5) is 27.6. The molecule has 1 amide bonds. The van der Waals surface area contributed by atoms with E-state index in [1.807, 2.05) is 6.07 Å². The molecule has 0 atom stereocenters. The summed E-state index contributed by atoms with van der Waals surface area (Å²) in [6.45, 7) is 0.907. The van der Waals surface area contributed by atoms with Crippen molar-refractivity contribution in [3.8, 4) is 11.5 Å². The van der Waals surface area contributed by atoms with Crippen LogP contribution in [0.5, 0.6) is 11.5 Å². The number of aryl methyl sites for hydroxylation is 1. The summed E-state index contributed by atoms with van der Waals surface area (Å²) < 4.78 is 14.1. The number of carbonyl (C=O) groups is 2. The lowest BCUT2D eigenvalue weighted by atomic mass is 10.1. The number of amides is 1. The van der Waals surface area contributed by atoms with Crippen LogP contribution in [-0.4, -0.2) is 53.5 Å². The minimum Gasteiger partial charge on any atom is -0.497 e. The number of benzene rings is 3. The molecule has 0 saturated heterocycles. The Morgan fingerprint density at radius 2 is 1.72 bits per heavy atom. The largest absolute Gasteiger partial charge is 0.497 e. The van der Waals surface area contributed by atoms with Gasteiger partial charge in [0.05, 0.1) is 43.2 Å². The summed E-state index contributed by atoms with van der Waals surface area (Å²) in [5.41, 5.74) is 2.81. The quantitative estimate of drug-likeness (QED) is 0.251. The number of halogens is 2. The van der Waals surface area contributed by atoms with Gasteiger partial charge >= 0.3 is 0 Å². The number of nitrogens with one attached hydrogen (secondary N) is 1. The van der Waals surface area contributed by atoms with E-state index in [9.17, 15) is 9.59 Å². The van der Waals surface area contributed by atoms with Crippen LogP contribution in [0.1, 0.15) is 22.3 Å². The maximum absolute atomic E-state index is 13.0. The van der Waals surface area contributed by atoms with E-state index >= 15 is 0 Å². The van der Waals surface area contributed by atoms with Gasteiger partial charge in [-0.15, -0.1) is 0 Å².